The first-order chi connectivity index (χ1) is 13.6. The van der Waals surface area contributed by atoms with Gasteiger partial charge in [0.1, 0.15) is 0 Å². The number of carbonyl (C=O) groups excluding carboxylic acids is 1. The summed E-state index contributed by atoms with van der Waals surface area (Å²) in [5.41, 5.74) is 3.48. The third-order valence-electron chi connectivity index (χ3n) is 4.85. The number of halogens is 1. The predicted octanol–water partition coefficient (Wildman–Crippen LogP) is 6.05. The molecule has 0 spiro atoms. The zero-order chi connectivity index (χ0) is 19.5. The minimum atomic E-state index is -0.188. The van der Waals surface area contributed by atoms with Crippen LogP contribution in [0.3, 0.4) is 0 Å². The lowest BCUT2D eigenvalue weighted by Crippen LogP contribution is -2.26. The standard InChI is InChI=1S/C24H19ClN2O/c1-16(19-7-6-17-4-2-3-5-20(17)14-19)27-24(28)22-9-8-21(15-23(22)25)18-10-12-26-13-11-18/h2-16H,1H3,(H,27,28). The van der Waals surface area contributed by atoms with Crippen molar-refractivity contribution in [2.45, 2.75) is 13.0 Å². The number of nitrogens with zero attached hydrogens (tertiary/aromatic N) is 1. The van der Waals surface area contributed by atoms with Gasteiger partial charge in [-0.25, -0.2) is 0 Å². The number of benzene rings is 3. The van der Waals surface area contributed by atoms with Crippen LogP contribution >= 0.6 is 11.6 Å². The van der Waals surface area contributed by atoms with E-state index in [1.807, 2.05) is 49.4 Å². The van der Waals surface area contributed by atoms with E-state index in [1.54, 1.807) is 18.5 Å². The van der Waals surface area contributed by atoms with Crippen LogP contribution in [0.4, 0.5) is 0 Å². The van der Waals surface area contributed by atoms with Gasteiger partial charge in [0.2, 0.25) is 0 Å². The van der Waals surface area contributed by atoms with Gasteiger partial charge in [-0.1, -0.05) is 54.1 Å². The number of hydrogen-bond donors (Lipinski definition) is 1. The predicted molar refractivity (Wildman–Crippen MR) is 115 cm³/mol. The van der Waals surface area contributed by atoms with E-state index in [0.717, 1.165) is 22.1 Å². The Balaban J connectivity index is 1.54. The fourth-order valence-corrected chi connectivity index (χ4v) is 3.52. The summed E-state index contributed by atoms with van der Waals surface area (Å²) in [6, 6.07) is 23.6. The lowest BCUT2D eigenvalue weighted by atomic mass is 10.0. The van der Waals surface area contributed by atoms with E-state index in [2.05, 4.69) is 34.6 Å². The van der Waals surface area contributed by atoms with Crippen molar-refractivity contribution >= 4 is 28.3 Å². The van der Waals surface area contributed by atoms with Gasteiger partial charge in [-0.05, 0) is 64.7 Å². The van der Waals surface area contributed by atoms with Crippen molar-refractivity contribution in [2.75, 3.05) is 0 Å². The summed E-state index contributed by atoms with van der Waals surface area (Å²) >= 11 is 6.41. The van der Waals surface area contributed by atoms with E-state index in [1.165, 1.54) is 5.39 Å². The van der Waals surface area contributed by atoms with Crippen molar-refractivity contribution in [1.82, 2.24) is 10.3 Å². The van der Waals surface area contributed by atoms with E-state index in [4.69, 9.17) is 11.6 Å². The molecule has 1 unspecified atom stereocenters. The largest absolute Gasteiger partial charge is 0.345 e. The third-order valence-corrected chi connectivity index (χ3v) is 5.16. The summed E-state index contributed by atoms with van der Waals surface area (Å²) in [6.07, 6.45) is 3.46. The minimum absolute atomic E-state index is 0.131. The minimum Gasteiger partial charge on any atom is -0.345 e. The van der Waals surface area contributed by atoms with E-state index < -0.39 is 0 Å². The lowest BCUT2D eigenvalue weighted by molar-refractivity contribution is 0.0940. The van der Waals surface area contributed by atoms with Gasteiger partial charge in [0.05, 0.1) is 16.6 Å². The molecule has 1 N–H and O–H groups in total. The molecule has 1 amide bonds. The quantitative estimate of drug-likeness (QED) is 0.464. The van der Waals surface area contributed by atoms with Crippen molar-refractivity contribution in [3.05, 3.63) is 101 Å². The molecule has 138 valence electrons. The number of amides is 1. The fourth-order valence-electron chi connectivity index (χ4n) is 3.26. The van der Waals surface area contributed by atoms with Crippen LogP contribution in [-0.2, 0) is 0 Å². The van der Waals surface area contributed by atoms with Crippen molar-refractivity contribution in [2.24, 2.45) is 0 Å². The summed E-state index contributed by atoms with van der Waals surface area (Å²) in [6.45, 7) is 1.97. The summed E-state index contributed by atoms with van der Waals surface area (Å²) < 4.78 is 0. The van der Waals surface area contributed by atoms with Gasteiger partial charge in [0.15, 0.2) is 0 Å². The molecule has 0 aliphatic rings. The van der Waals surface area contributed by atoms with Gasteiger partial charge in [-0.3, -0.25) is 9.78 Å². The highest BCUT2D eigenvalue weighted by atomic mass is 35.5. The molecule has 0 saturated heterocycles. The zero-order valence-electron chi connectivity index (χ0n) is 15.4. The van der Waals surface area contributed by atoms with Gasteiger partial charge >= 0.3 is 0 Å². The number of rotatable bonds is 4. The molecule has 28 heavy (non-hydrogen) atoms. The van der Waals surface area contributed by atoms with Crippen LogP contribution < -0.4 is 5.32 Å². The molecule has 0 radical (unpaired) electrons. The molecule has 4 rings (SSSR count). The van der Waals surface area contributed by atoms with Crippen molar-refractivity contribution in [1.29, 1.82) is 0 Å². The molecule has 3 nitrogen and oxygen atoms in total. The van der Waals surface area contributed by atoms with Crippen molar-refractivity contribution in [3.8, 4) is 11.1 Å². The van der Waals surface area contributed by atoms with Gasteiger partial charge in [0.25, 0.3) is 5.91 Å². The van der Waals surface area contributed by atoms with Crippen LogP contribution in [-0.4, -0.2) is 10.9 Å². The van der Waals surface area contributed by atoms with Crippen LogP contribution in [0.1, 0.15) is 28.9 Å². The van der Waals surface area contributed by atoms with Crippen LogP contribution in [0.25, 0.3) is 21.9 Å². The molecule has 4 heteroatoms. The second kappa shape index (κ2) is 7.83. The Hall–Kier alpha value is -3.17. The Morgan fingerprint density at radius 3 is 2.39 bits per heavy atom. The zero-order valence-corrected chi connectivity index (χ0v) is 16.1. The number of pyridine rings is 1. The Kier molecular flexibility index (Phi) is 5.09. The number of carbonyl (C=O) groups is 1. The average Bonchev–Trinajstić information content (AvgIpc) is 2.73. The maximum Gasteiger partial charge on any atom is 0.253 e. The molecule has 0 aliphatic carbocycles. The SMILES string of the molecule is CC(NC(=O)c1ccc(-c2ccncc2)cc1Cl)c1ccc2ccccc2c1. The van der Waals surface area contributed by atoms with Crippen LogP contribution in [0.5, 0.6) is 0 Å². The fraction of sp³-hybridized carbons (Fsp3) is 0.0833. The third kappa shape index (κ3) is 3.75. The Bertz CT molecular complexity index is 1140. The van der Waals surface area contributed by atoms with Gasteiger partial charge in [-0.2, -0.15) is 0 Å². The number of hydrogen-bond acceptors (Lipinski definition) is 2. The molecule has 0 saturated carbocycles. The molecule has 3 aromatic carbocycles. The van der Waals surface area contributed by atoms with Crippen LogP contribution in [0.15, 0.2) is 85.2 Å². The molecule has 1 atom stereocenters. The Morgan fingerprint density at radius 1 is 0.893 bits per heavy atom. The monoisotopic (exact) mass is 386 g/mol. The summed E-state index contributed by atoms with van der Waals surface area (Å²) in [5.74, 6) is -0.188. The molecular formula is C24H19ClN2O. The Morgan fingerprint density at radius 2 is 1.64 bits per heavy atom. The van der Waals surface area contributed by atoms with E-state index >= 15 is 0 Å². The molecular weight excluding hydrogens is 368 g/mol. The summed E-state index contributed by atoms with van der Waals surface area (Å²) in [4.78, 5) is 16.8. The van der Waals surface area contributed by atoms with Crippen LogP contribution in [0, 0.1) is 0 Å². The second-order valence-corrected chi connectivity index (χ2v) is 7.14. The molecule has 1 heterocycles. The van der Waals surface area contributed by atoms with Crippen LogP contribution in [0.2, 0.25) is 5.02 Å². The van der Waals surface area contributed by atoms with E-state index in [-0.39, 0.29) is 11.9 Å². The Labute approximate surface area is 169 Å². The normalized spacial score (nSPS) is 11.9. The molecule has 0 bridgehead atoms. The highest BCUT2D eigenvalue weighted by Crippen LogP contribution is 2.26. The highest BCUT2D eigenvalue weighted by Gasteiger charge is 2.15. The summed E-state index contributed by atoms with van der Waals surface area (Å²) in [7, 11) is 0. The second-order valence-electron chi connectivity index (χ2n) is 6.73. The topological polar surface area (TPSA) is 42.0 Å². The molecule has 4 aromatic rings. The van der Waals surface area contributed by atoms with E-state index in [9.17, 15) is 4.79 Å². The average molecular weight is 387 g/mol. The van der Waals surface area contributed by atoms with Gasteiger partial charge in [-0.15, -0.1) is 0 Å². The first-order valence-corrected chi connectivity index (χ1v) is 9.49. The number of fused-ring (bicyclic) bond motifs is 1. The van der Waals surface area contributed by atoms with Crippen molar-refractivity contribution in [3.63, 3.8) is 0 Å². The maximum absolute atomic E-state index is 12.8. The molecule has 0 aliphatic heterocycles. The van der Waals surface area contributed by atoms with E-state index in [0.29, 0.717) is 10.6 Å². The summed E-state index contributed by atoms with van der Waals surface area (Å²) in [5, 5.41) is 5.81. The van der Waals surface area contributed by atoms with Gasteiger partial charge in [0, 0.05) is 12.4 Å². The first-order valence-electron chi connectivity index (χ1n) is 9.11. The maximum atomic E-state index is 12.8. The van der Waals surface area contributed by atoms with Gasteiger partial charge < -0.3 is 5.32 Å². The molecule has 1 aromatic heterocycles. The number of nitrogens with one attached hydrogen (secondary N) is 1. The molecule has 0 fully saturated rings. The lowest BCUT2D eigenvalue weighted by Gasteiger charge is -2.16. The first kappa shape index (κ1) is 18.2. The smallest absolute Gasteiger partial charge is 0.253 e. The van der Waals surface area contributed by atoms with Crippen molar-refractivity contribution < 1.29 is 4.79 Å². The number of aromatic nitrogens is 1. The highest BCUT2D eigenvalue weighted by molar-refractivity contribution is 6.34.